The molecule has 0 N–H and O–H groups in total. The molecule has 1 aromatic heterocycles. The van der Waals surface area contributed by atoms with Crippen LogP contribution >= 0.6 is 0 Å². The molecule has 0 aliphatic carbocycles. The van der Waals surface area contributed by atoms with Gasteiger partial charge in [-0.3, -0.25) is 0 Å². The van der Waals surface area contributed by atoms with Crippen molar-refractivity contribution in [3.8, 4) is 5.69 Å². The van der Waals surface area contributed by atoms with Gasteiger partial charge in [-0.2, -0.15) is 22.1 Å². The Bertz CT molecular complexity index is 726. The van der Waals surface area contributed by atoms with Gasteiger partial charge in [-0.05, 0) is 38.5 Å². The summed E-state index contributed by atoms with van der Waals surface area (Å²) in [7, 11) is -0.304. The molecular weight excluding hydrogens is 314 g/mol. The summed E-state index contributed by atoms with van der Waals surface area (Å²) in [6.45, 7) is 5.57. The second-order valence-corrected chi connectivity index (χ2v) is 7.79. The van der Waals surface area contributed by atoms with E-state index in [0.29, 0.717) is 0 Å². The van der Waals surface area contributed by atoms with Crippen molar-refractivity contribution in [3.63, 3.8) is 0 Å². The van der Waals surface area contributed by atoms with Crippen LogP contribution in [-0.2, 0) is 10.2 Å². The minimum Gasteiger partial charge on any atom is -0.223 e. The standard InChI is InChI=1S/C15H23N5O2S/c1-12(2)18(4)23(21,22)19(5)13(3)14-6-8-15(9-7-14)20-11-16-10-17-20/h6-13H,1-5H3/t13-/m1/s1. The number of nitrogens with zero attached hydrogens (tertiary/aromatic N) is 5. The molecule has 2 rings (SSSR count). The van der Waals surface area contributed by atoms with E-state index in [1.165, 1.54) is 14.9 Å². The molecule has 0 spiro atoms. The van der Waals surface area contributed by atoms with Crippen molar-refractivity contribution >= 4 is 10.2 Å². The van der Waals surface area contributed by atoms with Gasteiger partial charge < -0.3 is 0 Å². The van der Waals surface area contributed by atoms with Crippen LogP contribution in [0.4, 0.5) is 0 Å². The zero-order valence-corrected chi connectivity index (χ0v) is 14.9. The molecule has 0 saturated heterocycles. The zero-order chi connectivity index (χ0) is 17.2. The van der Waals surface area contributed by atoms with Crippen molar-refractivity contribution in [1.82, 2.24) is 23.4 Å². The summed E-state index contributed by atoms with van der Waals surface area (Å²) in [6, 6.07) is 7.24. The summed E-state index contributed by atoms with van der Waals surface area (Å²) >= 11 is 0. The third-order valence-corrected chi connectivity index (χ3v) is 6.25. The summed E-state index contributed by atoms with van der Waals surface area (Å²) in [6.07, 6.45) is 3.09. The Morgan fingerprint density at radius 2 is 1.65 bits per heavy atom. The molecule has 126 valence electrons. The van der Waals surface area contributed by atoms with Crippen molar-refractivity contribution in [2.75, 3.05) is 14.1 Å². The highest BCUT2D eigenvalue weighted by Gasteiger charge is 2.29. The monoisotopic (exact) mass is 337 g/mol. The van der Waals surface area contributed by atoms with Crippen LogP contribution in [0.3, 0.4) is 0 Å². The van der Waals surface area contributed by atoms with Crippen LogP contribution in [0.15, 0.2) is 36.9 Å². The van der Waals surface area contributed by atoms with Crippen LogP contribution in [0.2, 0.25) is 0 Å². The fourth-order valence-electron chi connectivity index (χ4n) is 2.13. The lowest BCUT2D eigenvalue weighted by atomic mass is 10.1. The molecule has 0 amide bonds. The van der Waals surface area contributed by atoms with E-state index in [4.69, 9.17) is 0 Å². The first kappa shape index (κ1) is 17.6. The molecule has 0 unspecified atom stereocenters. The van der Waals surface area contributed by atoms with Crippen LogP contribution in [0.1, 0.15) is 32.4 Å². The van der Waals surface area contributed by atoms with Crippen molar-refractivity contribution in [2.24, 2.45) is 0 Å². The quantitative estimate of drug-likeness (QED) is 0.806. The molecule has 1 aromatic carbocycles. The highest BCUT2D eigenvalue weighted by Crippen LogP contribution is 2.24. The molecule has 1 heterocycles. The lowest BCUT2D eigenvalue weighted by Crippen LogP contribution is -2.43. The number of benzene rings is 1. The van der Waals surface area contributed by atoms with Gasteiger partial charge in [0.25, 0.3) is 10.2 Å². The van der Waals surface area contributed by atoms with Crippen LogP contribution in [-0.4, -0.2) is 51.9 Å². The number of rotatable bonds is 6. The number of hydrogen-bond acceptors (Lipinski definition) is 4. The summed E-state index contributed by atoms with van der Waals surface area (Å²) in [5.41, 5.74) is 1.79. The minimum atomic E-state index is -3.50. The molecule has 0 aliphatic heterocycles. The molecule has 0 bridgehead atoms. The van der Waals surface area contributed by atoms with Gasteiger partial charge in [-0.25, -0.2) is 9.67 Å². The normalized spacial score (nSPS) is 13.9. The maximum absolute atomic E-state index is 12.6. The fraction of sp³-hybridized carbons (Fsp3) is 0.467. The highest BCUT2D eigenvalue weighted by atomic mass is 32.2. The van der Waals surface area contributed by atoms with E-state index in [1.807, 2.05) is 45.0 Å². The number of aromatic nitrogens is 3. The first-order chi connectivity index (χ1) is 10.7. The molecule has 0 saturated carbocycles. The van der Waals surface area contributed by atoms with Gasteiger partial charge in [-0.15, -0.1) is 0 Å². The van der Waals surface area contributed by atoms with Gasteiger partial charge in [0.2, 0.25) is 0 Å². The van der Waals surface area contributed by atoms with Gasteiger partial charge >= 0.3 is 0 Å². The SMILES string of the molecule is CC(C)N(C)S(=O)(=O)N(C)[C@H](C)c1ccc(-n2cncn2)cc1. The second kappa shape index (κ2) is 6.77. The molecule has 0 aliphatic rings. The van der Waals surface area contributed by atoms with Crippen LogP contribution < -0.4 is 0 Å². The smallest absolute Gasteiger partial charge is 0.223 e. The number of hydrogen-bond donors (Lipinski definition) is 0. The summed E-state index contributed by atoms with van der Waals surface area (Å²) in [5, 5.41) is 4.07. The largest absolute Gasteiger partial charge is 0.282 e. The first-order valence-electron chi connectivity index (χ1n) is 7.41. The summed E-state index contributed by atoms with van der Waals surface area (Å²) in [4.78, 5) is 3.91. The van der Waals surface area contributed by atoms with Crippen molar-refractivity contribution < 1.29 is 8.42 Å². The molecule has 23 heavy (non-hydrogen) atoms. The maximum atomic E-state index is 12.6. The molecule has 0 fully saturated rings. The third kappa shape index (κ3) is 3.60. The third-order valence-electron chi connectivity index (χ3n) is 4.06. The van der Waals surface area contributed by atoms with Crippen molar-refractivity contribution in [1.29, 1.82) is 0 Å². The summed E-state index contributed by atoms with van der Waals surface area (Å²) < 4.78 is 29.5. The van der Waals surface area contributed by atoms with Crippen LogP contribution in [0.5, 0.6) is 0 Å². The lowest BCUT2D eigenvalue weighted by molar-refractivity contribution is 0.327. The lowest BCUT2D eigenvalue weighted by Gasteiger charge is -2.31. The Hall–Kier alpha value is -1.77. The molecule has 8 heteroatoms. The van der Waals surface area contributed by atoms with E-state index in [2.05, 4.69) is 10.1 Å². The van der Waals surface area contributed by atoms with E-state index in [-0.39, 0.29) is 12.1 Å². The molecule has 7 nitrogen and oxygen atoms in total. The minimum absolute atomic E-state index is 0.0932. The molecule has 0 radical (unpaired) electrons. The Morgan fingerprint density at radius 3 is 2.13 bits per heavy atom. The van der Waals surface area contributed by atoms with Gasteiger partial charge in [0, 0.05) is 26.2 Å². The van der Waals surface area contributed by atoms with Crippen molar-refractivity contribution in [2.45, 2.75) is 32.9 Å². The van der Waals surface area contributed by atoms with Gasteiger partial charge in [0.05, 0.1) is 5.69 Å². The van der Waals surface area contributed by atoms with Crippen LogP contribution in [0, 0.1) is 0 Å². The Labute approximate surface area is 137 Å². The Morgan fingerprint density at radius 1 is 1.04 bits per heavy atom. The molecular formula is C15H23N5O2S. The molecule has 1 atom stereocenters. The predicted molar refractivity (Wildman–Crippen MR) is 89.4 cm³/mol. The average molecular weight is 337 g/mol. The van der Waals surface area contributed by atoms with Gasteiger partial charge in [0.15, 0.2) is 0 Å². The molecule has 2 aromatic rings. The van der Waals surface area contributed by atoms with E-state index in [0.717, 1.165) is 11.3 Å². The second-order valence-electron chi connectivity index (χ2n) is 5.74. The Kier molecular flexibility index (Phi) is 5.18. The Balaban J connectivity index is 2.21. The highest BCUT2D eigenvalue weighted by molar-refractivity contribution is 7.86. The topological polar surface area (TPSA) is 71.3 Å². The van der Waals surface area contributed by atoms with Gasteiger partial charge in [-0.1, -0.05) is 12.1 Å². The zero-order valence-electron chi connectivity index (χ0n) is 14.1. The predicted octanol–water partition coefficient (Wildman–Crippen LogP) is 1.85. The van der Waals surface area contributed by atoms with Gasteiger partial charge in [0.1, 0.15) is 12.7 Å². The van der Waals surface area contributed by atoms with E-state index < -0.39 is 10.2 Å². The fourth-order valence-corrected chi connectivity index (χ4v) is 3.59. The van der Waals surface area contributed by atoms with Crippen LogP contribution in [0.25, 0.3) is 5.69 Å². The summed E-state index contributed by atoms with van der Waals surface area (Å²) in [5.74, 6) is 0. The first-order valence-corrected chi connectivity index (χ1v) is 8.80. The van der Waals surface area contributed by atoms with E-state index in [9.17, 15) is 8.42 Å². The maximum Gasteiger partial charge on any atom is 0.282 e. The average Bonchev–Trinajstić information content (AvgIpc) is 3.07. The van der Waals surface area contributed by atoms with E-state index >= 15 is 0 Å². The van der Waals surface area contributed by atoms with Crippen molar-refractivity contribution in [3.05, 3.63) is 42.5 Å². The van der Waals surface area contributed by atoms with E-state index in [1.54, 1.807) is 25.1 Å².